The highest BCUT2D eigenvalue weighted by Gasteiger charge is 2.31. The summed E-state index contributed by atoms with van der Waals surface area (Å²) in [5.41, 5.74) is 1.54. The molecule has 0 aromatic heterocycles. The molecule has 102 valence electrons. The molecule has 1 aromatic carbocycles. The van der Waals surface area contributed by atoms with Gasteiger partial charge >= 0.3 is 7.60 Å². The minimum Gasteiger partial charge on any atom is -0.507 e. The highest BCUT2D eigenvalue weighted by Crippen LogP contribution is 2.43. The number of benzene rings is 1. The summed E-state index contributed by atoms with van der Waals surface area (Å²) in [4.78, 5) is 18.9. The first-order valence-corrected chi connectivity index (χ1v) is 7.53. The molecule has 0 aliphatic carbocycles. The summed E-state index contributed by atoms with van der Waals surface area (Å²) in [6.07, 6.45) is 0.476. The fourth-order valence-electron chi connectivity index (χ4n) is 2.16. The second kappa shape index (κ2) is 4.69. The standard InChI is InChI=1S/C13H21O4P/c1-6-9-8(2)7-10(13(3,4)5)11(14)12(9)18(15,16)17/h7,14H,6H2,1-5H3,(H2,15,16,17). The van der Waals surface area contributed by atoms with Gasteiger partial charge in [0.2, 0.25) is 0 Å². The van der Waals surface area contributed by atoms with Crippen molar-refractivity contribution < 1.29 is 19.5 Å². The first kappa shape index (κ1) is 15.2. The first-order valence-electron chi connectivity index (χ1n) is 5.92. The van der Waals surface area contributed by atoms with Crippen molar-refractivity contribution in [3.63, 3.8) is 0 Å². The lowest BCUT2D eigenvalue weighted by atomic mass is 9.84. The lowest BCUT2D eigenvalue weighted by Gasteiger charge is -2.25. The minimum absolute atomic E-state index is 0.213. The summed E-state index contributed by atoms with van der Waals surface area (Å²) in [7, 11) is -4.48. The third-order valence-electron chi connectivity index (χ3n) is 3.05. The molecule has 0 heterocycles. The Kier molecular flexibility index (Phi) is 3.97. The summed E-state index contributed by atoms with van der Waals surface area (Å²) in [6, 6.07) is 1.81. The van der Waals surface area contributed by atoms with E-state index in [4.69, 9.17) is 0 Å². The van der Waals surface area contributed by atoms with E-state index in [2.05, 4.69) is 0 Å². The quantitative estimate of drug-likeness (QED) is 0.722. The van der Waals surface area contributed by atoms with E-state index in [1.165, 1.54) is 0 Å². The molecule has 0 saturated carbocycles. The molecule has 3 N–H and O–H groups in total. The molecule has 0 spiro atoms. The Labute approximate surface area is 108 Å². The number of aromatic hydroxyl groups is 1. The van der Waals surface area contributed by atoms with Crippen molar-refractivity contribution in [3.8, 4) is 5.75 Å². The Morgan fingerprint density at radius 3 is 2.11 bits per heavy atom. The molecule has 0 bridgehead atoms. The largest absolute Gasteiger partial charge is 0.507 e. The van der Waals surface area contributed by atoms with Crippen LogP contribution in [-0.2, 0) is 16.4 Å². The number of phenolic OH excluding ortho intramolecular Hbond substituents is 1. The van der Waals surface area contributed by atoms with Gasteiger partial charge in [-0.2, -0.15) is 0 Å². The normalized spacial score (nSPS) is 12.8. The lowest BCUT2D eigenvalue weighted by Crippen LogP contribution is -2.20. The first-order chi connectivity index (χ1) is 8.00. The zero-order chi connectivity index (χ0) is 14.3. The van der Waals surface area contributed by atoms with Crippen LogP contribution in [0.4, 0.5) is 0 Å². The van der Waals surface area contributed by atoms with Crippen molar-refractivity contribution in [2.24, 2.45) is 0 Å². The molecular formula is C13H21O4P. The van der Waals surface area contributed by atoms with Crippen LogP contribution in [0.3, 0.4) is 0 Å². The van der Waals surface area contributed by atoms with Gasteiger partial charge in [0.25, 0.3) is 0 Å². The Hall–Kier alpha value is -0.830. The van der Waals surface area contributed by atoms with Gasteiger partial charge < -0.3 is 14.9 Å². The second-order valence-electron chi connectivity index (χ2n) is 5.56. The van der Waals surface area contributed by atoms with Gasteiger partial charge in [-0.3, -0.25) is 4.57 Å². The summed E-state index contributed by atoms with van der Waals surface area (Å²) in [6.45, 7) is 9.33. The van der Waals surface area contributed by atoms with Gasteiger partial charge in [-0.15, -0.1) is 0 Å². The molecule has 0 unspecified atom stereocenters. The van der Waals surface area contributed by atoms with Crippen LogP contribution in [0.1, 0.15) is 44.4 Å². The zero-order valence-corrected chi connectivity index (χ0v) is 12.4. The van der Waals surface area contributed by atoms with Crippen LogP contribution in [0.2, 0.25) is 0 Å². The smallest absolute Gasteiger partial charge is 0.360 e. The minimum atomic E-state index is -4.48. The fourth-order valence-corrected chi connectivity index (χ4v) is 3.24. The molecule has 1 aromatic rings. The van der Waals surface area contributed by atoms with Gasteiger partial charge in [-0.05, 0) is 29.9 Å². The van der Waals surface area contributed by atoms with Crippen molar-refractivity contribution >= 4 is 12.9 Å². The predicted molar refractivity (Wildman–Crippen MR) is 72.6 cm³/mol. The predicted octanol–water partition coefficient (Wildman–Crippen LogP) is 2.36. The third kappa shape index (κ3) is 2.77. The van der Waals surface area contributed by atoms with Crippen molar-refractivity contribution in [1.82, 2.24) is 0 Å². The molecule has 5 heteroatoms. The number of rotatable bonds is 2. The SMILES string of the molecule is CCc1c(C)cc(C(C)(C)C)c(O)c1P(=O)(O)O. The Balaban J connectivity index is 3.77. The fraction of sp³-hybridized carbons (Fsp3) is 0.538. The Morgan fingerprint density at radius 1 is 1.28 bits per heavy atom. The second-order valence-corrected chi connectivity index (χ2v) is 7.10. The molecule has 4 nitrogen and oxygen atoms in total. The molecule has 0 atom stereocenters. The summed E-state index contributed by atoms with van der Waals surface area (Å²) in [5, 5.41) is 9.99. The van der Waals surface area contributed by atoms with E-state index < -0.39 is 7.60 Å². The van der Waals surface area contributed by atoms with E-state index in [-0.39, 0.29) is 16.5 Å². The average Bonchev–Trinajstić information content (AvgIpc) is 2.16. The van der Waals surface area contributed by atoms with E-state index in [0.29, 0.717) is 17.5 Å². The van der Waals surface area contributed by atoms with Crippen LogP contribution in [0.25, 0.3) is 0 Å². The summed E-state index contributed by atoms with van der Waals surface area (Å²) in [5.74, 6) is -0.265. The molecule has 0 aliphatic rings. The number of hydrogen-bond acceptors (Lipinski definition) is 2. The number of aryl methyl sites for hydroxylation is 1. The molecule has 1 rings (SSSR count). The van der Waals surface area contributed by atoms with E-state index >= 15 is 0 Å². The van der Waals surface area contributed by atoms with Crippen molar-refractivity contribution in [2.75, 3.05) is 0 Å². The Bertz CT molecular complexity index is 509. The lowest BCUT2D eigenvalue weighted by molar-refractivity contribution is 0.383. The zero-order valence-electron chi connectivity index (χ0n) is 11.5. The van der Waals surface area contributed by atoms with Crippen LogP contribution in [0, 0.1) is 6.92 Å². The van der Waals surface area contributed by atoms with Crippen LogP contribution in [-0.4, -0.2) is 14.9 Å². The molecule has 0 fully saturated rings. The van der Waals surface area contributed by atoms with Crippen LogP contribution < -0.4 is 5.30 Å². The average molecular weight is 272 g/mol. The highest BCUT2D eigenvalue weighted by atomic mass is 31.2. The molecular weight excluding hydrogens is 251 g/mol. The maximum atomic E-state index is 11.6. The number of phenols is 1. The topological polar surface area (TPSA) is 77.8 Å². The van der Waals surface area contributed by atoms with Gasteiger partial charge in [0.15, 0.2) is 0 Å². The van der Waals surface area contributed by atoms with Crippen LogP contribution in [0.5, 0.6) is 5.75 Å². The maximum absolute atomic E-state index is 11.6. The molecule has 0 aliphatic heterocycles. The maximum Gasteiger partial charge on any atom is 0.360 e. The third-order valence-corrected chi connectivity index (χ3v) is 4.12. The van der Waals surface area contributed by atoms with Gasteiger partial charge in [0, 0.05) is 5.56 Å². The van der Waals surface area contributed by atoms with Crippen LogP contribution in [0.15, 0.2) is 6.07 Å². The van der Waals surface area contributed by atoms with Gasteiger partial charge in [0.1, 0.15) is 11.1 Å². The van der Waals surface area contributed by atoms with Gasteiger partial charge in [-0.25, -0.2) is 0 Å². The molecule has 0 amide bonds. The Morgan fingerprint density at radius 2 is 1.78 bits per heavy atom. The van der Waals surface area contributed by atoms with E-state index in [9.17, 15) is 19.5 Å². The van der Waals surface area contributed by atoms with E-state index in [0.717, 1.165) is 5.56 Å². The van der Waals surface area contributed by atoms with Crippen LogP contribution >= 0.6 is 7.60 Å². The van der Waals surface area contributed by atoms with E-state index in [1.807, 2.05) is 40.7 Å². The molecule has 0 saturated heterocycles. The van der Waals surface area contributed by atoms with Crippen molar-refractivity contribution in [3.05, 3.63) is 22.8 Å². The monoisotopic (exact) mass is 272 g/mol. The van der Waals surface area contributed by atoms with Crippen molar-refractivity contribution in [1.29, 1.82) is 0 Å². The van der Waals surface area contributed by atoms with Gasteiger partial charge in [0.05, 0.1) is 0 Å². The highest BCUT2D eigenvalue weighted by molar-refractivity contribution is 7.60. The molecule has 18 heavy (non-hydrogen) atoms. The van der Waals surface area contributed by atoms with Gasteiger partial charge in [-0.1, -0.05) is 33.8 Å². The summed E-state index contributed by atoms with van der Waals surface area (Å²) >= 11 is 0. The van der Waals surface area contributed by atoms with E-state index in [1.54, 1.807) is 0 Å². The summed E-state index contributed by atoms with van der Waals surface area (Å²) < 4.78 is 11.6. The van der Waals surface area contributed by atoms with Crippen molar-refractivity contribution in [2.45, 2.75) is 46.5 Å². The molecule has 0 radical (unpaired) electrons. The number of hydrogen-bond donors (Lipinski definition) is 3.